The molecule has 0 aliphatic carbocycles. The number of para-hydroxylation sites is 1. The van der Waals surface area contributed by atoms with Gasteiger partial charge in [0.2, 0.25) is 5.91 Å². The monoisotopic (exact) mass is 356 g/mol. The van der Waals surface area contributed by atoms with Gasteiger partial charge in [0.05, 0.1) is 30.5 Å². The number of hydrogen-bond donors (Lipinski definition) is 1. The zero-order valence-electron chi connectivity index (χ0n) is 14.0. The van der Waals surface area contributed by atoms with Crippen molar-refractivity contribution in [2.75, 3.05) is 13.7 Å². The van der Waals surface area contributed by atoms with Gasteiger partial charge in [0.1, 0.15) is 16.5 Å². The Balaban J connectivity index is 1.36. The van der Waals surface area contributed by atoms with Crippen LogP contribution in [0, 0.1) is 0 Å². The third-order valence-electron chi connectivity index (χ3n) is 3.65. The largest absolute Gasteiger partial charge is 0.497 e. The number of hydrogen-bond acceptors (Lipinski definition) is 5. The second kappa shape index (κ2) is 8.48. The van der Waals surface area contributed by atoms with Crippen LogP contribution in [0.3, 0.4) is 0 Å². The number of carbonyl (C=O) groups excluding carboxylic acids is 1. The van der Waals surface area contributed by atoms with Gasteiger partial charge < -0.3 is 14.8 Å². The summed E-state index contributed by atoms with van der Waals surface area (Å²) >= 11 is 1.61. The molecule has 0 saturated heterocycles. The molecule has 6 heteroatoms. The van der Waals surface area contributed by atoms with Crippen LogP contribution in [0.15, 0.2) is 48.5 Å². The summed E-state index contributed by atoms with van der Waals surface area (Å²) in [6.07, 6.45) is 1.10. The van der Waals surface area contributed by atoms with Gasteiger partial charge in [-0.05, 0) is 42.8 Å². The summed E-state index contributed by atoms with van der Waals surface area (Å²) in [7, 11) is 1.63. The summed E-state index contributed by atoms with van der Waals surface area (Å²) in [6.45, 7) is 0.971. The second-order valence-electron chi connectivity index (χ2n) is 5.48. The molecule has 130 valence electrons. The quantitative estimate of drug-likeness (QED) is 0.624. The van der Waals surface area contributed by atoms with E-state index in [0.29, 0.717) is 26.0 Å². The molecule has 0 bridgehead atoms. The van der Waals surface area contributed by atoms with Crippen molar-refractivity contribution < 1.29 is 14.3 Å². The predicted octanol–water partition coefficient (Wildman–Crippen LogP) is 3.78. The van der Waals surface area contributed by atoms with Gasteiger partial charge in [-0.1, -0.05) is 12.1 Å². The summed E-state index contributed by atoms with van der Waals surface area (Å²) in [5.41, 5.74) is 0.977. The molecule has 1 amide bonds. The fraction of sp³-hybridized carbons (Fsp3) is 0.263. The summed E-state index contributed by atoms with van der Waals surface area (Å²) < 4.78 is 11.8. The Hall–Kier alpha value is -2.60. The predicted molar refractivity (Wildman–Crippen MR) is 99.2 cm³/mol. The molecular weight excluding hydrogens is 336 g/mol. The fourth-order valence-electron chi connectivity index (χ4n) is 2.35. The number of carbonyl (C=O) groups is 1. The van der Waals surface area contributed by atoms with E-state index in [-0.39, 0.29) is 5.91 Å². The Morgan fingerprint density at radius 2 is 1.88 bits per heavy atom. The highest BCUT2D eigenvalue weighted by molar-refractivity contribution is 7.18. The van der Waals surface area contributed by atoms with Crippen LogP contribution in [0.2, 0.25) is 0 Å². The van der Waals surface area contributed by atoms with Gasteiger partial charge >= 0.3 is 0 Å². The molecule has 0 fully saturated rings. The van der Waals surface area contributed by atoms with Gasteiger partial charge in [-0.2, -0.15) is 0 Å². The average molecular weight is 356 g/mol. The Morgan fingerprint density at radius 3 is 2.64 bits per heavy atom. The molecule has 2 aromatic carbocycles. The second-order valence-corrected chi connectivity index (χ2v) is 6.59. The standard InChI is InChI=1S/C19H20N2O3S/c1-23-14-8-10-15(11-9-14)24-12-4-7-18(22)20-13-19-21-16-5-2-3-6-17(16)25-19/h2-3,5-6,8-11H,4,7,12-13H2,1H3,(H,20,22). The smallest absolute Gasteiger partial charge is 0.220 e. The van der Waals surface area contributed by atoms with Crippen molar-refractivity contribution in [2.24, 2.45) is 0 Å². The Bertz CT molecular complexity index is 797. The zero-order chi connectivity index (χ0) is 17.5. The molecule has 0 spiro atoms. The first kappa shape index (κ1) is 17.2. The summed E-state index contributed by atoms with van der Waals surface area (Å²) in [6, 6.07) is 15.4. The first-order valence-electron chi connectivity index (χ1n) is 8.12. The number of methoxy groups -OCH3 is 1. The van der Waals surface area contributed by atoms with Gasteiger partial charge in [-0.25, -0.2) is 4.98 Å². The number of aromatic nitrogens is 1. The zero-order valence-corrected chi connectivity index (χ0v) is 14.8. The molecule has 3 rings (SSSR count). The lowest BCUT2D eigenvalue weighted by Crippen LogP contribution is -2.22. The summed E-state index contributed by atoms with van der Waals surface area (Å²) in [5.74, 6) is 1.58. The number of fused-ring (bicyclic) bond motifs is 1. The molecule has 0 aliphatic heterocycles. The molecule has 1 heterocycles. The molecule has 1 N–H and O–H groups in total. The highest BCUT2D eigenvalue weighted by Crippen LogP contribution is 2.21. The van der Waals surface area contributed by atoms with Crippen molar-refractivity contribution in [1.29, 1.82) is 0 Å². The maximum absolute atomic E-state index is 11.9. The van der Waals surface area contributed by atoms with E-state index in [9.17, 15) is 4.79 Å². The highest BCUT2D eigenvalue weighted by atomic mass is 32.1. The third kappa shape index (κ3) is 4.93. The molecule has 0 aliphatic rings. The van der Waals surface area contributed by atoms with Gasteiger partial charge in [-0.3, -0.25) is 4.79 Å². The van der Waals surface area contributed by atoms with Gasteiger partial charge in [0.15, 0.2) is 0 Å². The number of nitrogens with zero attached hydrogens (tertiary/aromatic N) is 1. The number of ether oxygens (including phenoxy) is 2. The van der Waals surface area contributed by atoms with Crippen molar-refractivity contribution in [3.63, 3.8) is 0 Å². The van der Waals surface area contributed by atoms with E-state index >= 15 is 0 Å². The minimum absolute atomic E-state index is 0.0117. The average Bonchev–Trinajstić information content (AvgIpc) is 3.07. The topological polar surface area (TPSA) is 60.5 Å². The van der Waals surface area contributed by atoms with E-state index < -0.39 is 0 Å². The van der Waals surface area contributed by atoms with Crippen LogP contribution < -0.4 is 14.8 Å². The first-order valence-corrected chi connectivity index (χ1v) is 8.94. The molecule has 3 aromatic rings. The van der Waals surface area contributed by atoms with Crippen LogP contribution in [0.4, 0.5) is 0 Å². The third-order valence-corrected chi connectivity index (χ3v) is 4.69. The van der Waals surface area contributed by atoms with Crippen molar-refractivity contribution in [3.05, 3.63) is 53.5 Å². The molecule has 1 aromatic heterocycles. The minimum atomic E-state index is 0.0117. The van der Waals surface area contributed by atoms with E-state index in [1.807, 2.05) is 48.5 Å². The van der Waals surface area contributed by atoms with E-state index in [1.54, 1.807) is 18.4 Å². The molecule has 0 saturated carbocycles. The molecular formula is C19H20N2O3S. The minimum Gasteiger partial charge on any atom is -0.497 e. The lowest BCUT2D eigenvalue weighted by molar-refractivity contribution is -0.121. The number of amides is 1. The fourth-order valence-corrected chi connectivity index (χ4v) is 3.26. The van der Waals surface area contributed by atoms with E-state index in [0.717, 1.165) is 26.7 Å². The van der Waals surface area contributed by atoms with Crippen LogP contribution in [0.25, 0.3) is 10.2 Å². The van der Waals surface area contributed by atoms with Gasteiger partial charge in [0.25, 0.3) is 0 Å². The van der Waals surface area contributed by atoms with Crippen molar-refractivity contribution >= 4 is 27.5 Å². The normalized spacial score (nSPS) is 10.6. The molecule has 25 heavy (non-hydrogen) atoms. The van der Waals surface area contributed by atoms with E-state index in [4.69, 9.17) is 9.47 Å². The number of benzene rings is 2. The molecule has 0 atom stereocenters. The lowest BCUT2D eigenvalue weighted by atomic mass is 10.3. The maximum Gasteiger partial charge on any atom is 0.220 e. The molecule has 0 radical (unpaired) electrons. The maximum atomic E-state index is 11.9. The van der Waals surface area contributed by atoms with Crippen LogP contribution in [-0.4, -0.2) is 24.6 Å². The van der Waals surface area contributed by atoms with Crippen LogP contribution in [-0.2, 0) is 11.3 Å². The van der Waals surface area contributed by atoms with Crippen LogP contribution in [0.5, 0.6) is 11.5 Å². The first-order chi connectivity index (χ1) is 12.2. The number of nitrogens with one attached hydrogen (secondary N) is 1. The van der Waals surface area contributed by atoms with Crippen molar-refractivity contribution in [2.45, 2.75) is 19.4 Å². The Labute approximate surface area is 150 Å². The highest BCUT2D eigenvalue weighted by Gasteiger charge is 2.06. The number of rotatable bonds is 8. The van der Waals surface area contributed by atoms with Crippen LogP contribution >= 0.6 is 11.3 Å². The molecule has 5 nitrogen and oxygen atoms in total. The van der Waals surface area contributed by atoms with Crippen molar-refractivity contribution in [3.8, 4) is 11.5 Å². The van der Waals surface area contributed by atoms with Crippen LogP contribution in [0.1, 0.15) is 17.8 Å². The Morgan fingerprint density at radius 1 is 1.12 bits per heavy atom. The van der Waals surface area contributed by atoms with Gasteiger partial charge in [0, 0.05) is 6.42 Å². The summed E-state index contributed by atoms with van der Waals surface area (Å²) in [4.78, 5) is 16.4. The molecule has 0 unspecified atom stereocenters. The van der Waals surface area contributed by atoms with E-state index in [2.05, 4.69) is 10.3 Å². The lowest BCUT2D eigenvalue weighted by Gasteiger charge is -2.07. The number of thiazole rings is 1. The SMILES string of the molecule is COc1ccc(OCCCC(=O)NCc2nc3ccccc3s2)cc1. The van der Waals surface area contributed by atoms with Gasteiger partial charge in [-0.15, -0.1) is 11.3 Å². The summed E-state index contributed by atoms with van der Waals surface area (Å²) in [5, 5.41) is 3.83. The van der Waals surface area contributed by atoms with E-state index in [1.165, 1.54) is 0 Å². The Kier molecular flexibility index (Phi) is 5.85. The van der Waals surface area contributed by atoms with Crippen molar-refractivity contribution in [1.82, 2.24) is 10.3 Å².